The first-order valence-corrected chi connectivity index (χ1v) is 4.01. The third-order valence-corrected chi connectivity index (χ3v) is 1.95. The molecule has 0 aliphatic rings. The largest absolute Gasteiger partial charge is 0.392 e. The summed E-state index contributed by atoms with van der Waals surface area (Å²) < 4.78 is 0. The Morgan fingerprint density at radius 1 is 1.50 bits per heavy atom. The zero-order chi connectivity index (χ0) is 8.97. The maximum Gasteiger partial charge on any atom is 0.0684 e. The Labute approximate surface area is 73.0 Å². The highest BCUT2D eigenvalue weighted by atomic mass is 16.3. The maximum atomic E-state index is 9.00. The first kappa shape index (κ1) is 8.83. The molecule has 1 nitrogen and oxygen atoms in total. The van der Waals surface area contributed by atoms with Crippen molar-refractivity contribution in [3.05, 3.63) is 34.9 Å². The van der Waals surface area contributed by atoms with Crippen LogP contribution in [0.2, 0.25) is 0 Å². The lowest BCUT2D eigenvalue weighted by atomic mass is 10.00. The molecule has 0 saturated carbocycles. The van der Waals surface area contributed by atoms with Crippen molar-refractivity contribution in [2.24, 2.45) is 0 Å². The minimum Gasteiger partial charge on any atom is -0.392 e. The number of benzene rings is 1. The van der Waals surface area contributed by atoms with E-state index in [4.69, 9.17) is 11.5 Å². The monoisotopic (exact) mass is 160 g/mol. The molecule has 0 aliphatic heterocycles. The van der Waals surface area contributed by atoms with Gasteiger partial charge in [-0.1, -0.05) is 25.0 Å². The van der Waals surface area contributed by atoms with Gasteiger partial charge in [0.25, 0.3) is 0 Å². The second-order valence-corrected chi connectivity index (χ2v) is 2.60. The van der Waals surface area contributed by atoms with E-state index in [9.17, 15) is 0 Å². The van der Waals surface area contributed by atoms with E-state index in [0.717, 1.165) is 23.1 Å². The van der Waals surface area contributed by atoms with Crippen molar-refractivity contribution in [2.45, 2.75) is 20.0 Å². The van der Waals surface area contributed by atoms with Gasteiger partial charge in [0.1, 0.15) is 0 Å². The normalized spacial score (nSPS) is 9.42. The minimum atomic E-state index is 0.0681. The molecule has 0 amide bonds. The topological polar surface area (TPSA) is 20.2 Å². The lowest BCUT2D eigenvalue weighted by Gasteiger charge is -2.06. The Balaban J connectivity index is 3.24. The van der Waals surface area contributed by atoms with Crippen LogP contribution in [0.15, 0.2) is 18.2 Å². The third-order valence-electron chi connectivity index (χ3n) is 1.95. The fourth-order valence-electron chi connectivity index (χ4n) is 1.34. The summed E-state index contributed by atoms with van der Waals surface area (Å²) >= 11 is 0. The van der Waals surface area contributed by atoms with E-state index in [-0.39, 0.29) is 6.61 Å². The highest BCUT2D eigenvalue weighted by Gasteiger charge is 2.02. The zero-order valence-corrected chi connectivity index (χ0v) is 7.17. The molecular weight excluding hydrogens is 148 g/mol. The summed E-state index contributed by atoms with van der Waals surface area (Å²) in [6, 6.07) is 5.68. The highest BCUT2D eigenvalue weighted by molar-refractivity contribution is 5.44. The van der Waals surface area contributed by atoms with Crippen molar-refractivity contribution < 1.29 is 5.11 Å². The van der Waals surface area contributed by atoms with Crippen molar-refractivity contribution in [1.29, 1.82) is 0 Å². The van der Waals surface area contributed by atoms with Crippen LogP contribution in [0.3, 0.4) is 0 Å². The number of terminal acetylenes is 1. The molecule has 0 spiro atoms. The van der Waals surface area contributed by atoms with Gasteiger partial charge in [0.15, 0.2) is 0 Å². The molecule has 0 aromatic heterocycles. The van der Waals surface area contributed by atoms with Crippen LogP contribution in [-0.4, -0.2) is 5.11 Å². The van der Waals surface area contributed by atoms with Crippen LogP contribution in [0.5, 0.6) is 0 Å². The van der Waals surface area contributed by atoms with Gasteiger partial charge in [-0.15, -0.1) is 6.42 Å². The lowest BCUT2D eigenvalue weighted by molar-refractivity contribution is 0.280. The first-order chi connectivity index (χ1) is 5.83. The first-order valence-electron chi connectivity index (χ1n) is 4.01. The predicted molar refractivity (Wildman–Crippen MR) is 49.7 cm³/mol. The standard InChI is InChI=1S/C11H12O/c1-3-9-6-5-7-10(8-12)11(9)4-2/h1,5-7,12H,4,8H2,2H3. The van der Waals surface area contributed by atoms with Crippen LogP contribution in [0.25, 0.3) is 0 Å². The van der Waals surface area contributed by atoms with Crippen LogP contribution in [0, 0.1) is 12.3 Å². The summed E-state index contributed by atoms with van der Waals surface area (Å²) in [6.07, 6.45) is 6.19. The fraction of sp³-hybridized carbons (Fsp3) is 0.273. The number of aliphatic hydroxyl groups excluding tert-OH is 1. The van der Waals surface area contributed by atoms with Crippen LogP contribution in [0.1, 0.15) is 23.6 Å². The van der Waals surface area contributed by atoms with Gasteiger partial charge in [0.05, 0.1) is 6.61 Å². The maximum absolute atomic E-state index is 9.00. The quantitative estimate of drug-likeness (QED) is 0.653. The molecule has 0 unspecified atom stereocenters. The molecule has 0 heterocycles. The summed E-state index contributed by atoms with van der Waals surface area (Å²) in [4.78, 5) is 0. The van der Waals surface area contributed by atoms with Crippen molar-refractivity contribution in [1.82, 2.24) is 0 Å². The Morgan fingerprint density at radius 3 is 2.75 bits per heavy atom. The molecule has 0 atom stereocenters. The third kappa shape index (κ3) is 1.49. The van der Waals surface area contributed by atoms with E-state index in [1.54, 1.807) is 0 Å². The summed E-state index contributed by atoms with van der Waals surface area (Å²) in [7, 11) is 0. The van der Waals surface area contributed by atoms with Gasteiger partial charge in [0.2, 0.25) is 0 Å². The zero-order valence-electron chi connectivity index (χ0n) is 7.17. The van der Waals surface area contributed by atoms with Gasteiger partial charge >= 0.3 is 0 Å². The van der Waals surface area contributed by atoms with Crippen LogP contribution < -0.4 is 0 Å². The second-order valence-electron chi connectivity index (χ2n) is 2.60. The average molecular weight is 160 g/mol. The molecule has 62 valence electrons. The molecule has 0 saturated heterocycles. The fourth-order valence-corrected chi connectivity index (χ4v) is 1.34. The molecular formula is C11H12O. The van der Waals surface area contributed by atoms with Crippen LogP contribution in [-0.2, 0) is 13.0 Å². The molecule has 0 radical (unpaired) electrons. The van der Waals surface area contributed by atoms with E-state index >= 15 is 0 Å². The molecule has 1 N–H and O–H groups in total. The van der Waals surface area contributed by atoms with Crippen molar-refractivity contribution >= 4 is 0 Å². The summed E-state index contributed by atoms with van der Waals surface area (Å²) in [5.74, 6) is 2.61. The molecule has 1 heteroatoms. The number of hydrogen-bond acceptors (Lipinski definition) is 1. The van der Waals surface area contributed by atoms with Crippen LogP contribution in [0.4, 0.5) is 0 Å². The SMILES string of the molecule is C#Cc1cccc(CO)c1CC. The molecule has 12 heavy (non-hydrogen) atoms. The summed E-state index contributed by atoms with van der Waals surface area (Å²) in [6.45, 7) is 2.11. The van der Waals surface area contributed by atoms with Gasteiger partial charge in [-0.25, -0.2) is 0 Å². The van der Waals surface area contributed by atoms with E-state index < -0.39 is 0 Å². The van der Waals surface area contributed by atoms with E-state index in [2.05, 4.69) is 5.92 Å². The molecule has 0 fully saturated rings. The summed E-state index contributed by atoms with van der Waals surface area (Å²) in [5.41, 5.74) is 2.92. The summed E-state index contributed by atoms with van der Waals surface area (Å²) in [5, 5.41) is 9.00. The number of rotatable bonds is 2. The predicted octanol–water partition coefficient (Wildman–Crippen LogP) is 1.72. The van der Waals surface area contributed by atoms with E-state index in [0.29, 0.717) is 0 Å². The molecule has 0 bridgehead atoms. The van der Waals surface area contributed by atoms with Crippen molar-refractivity contribution in [3.8, 4) is 12.3 Å². The van der Waals surface area contributed by atoms with Crippen molar-refractivity contribution in [3.63, 3.8) is 0 Å². The minimum absolute atomic E-state index is 0.0681. The van der Waals surface area contributed by atoms with E-state index in [1.165, 1.54) is 0 Å². The smallest absolute Gasteiger partial charge is 0.0684 e. The second kappa shape index (κ2) is 3.94. The van der Waals surface area contributed by atoms with Gasteiger partial charge in [-0.2, -0.15) is 0 Å². The van der Waals surface area contributed by atoms with Crippen molar-refractivity contribution in [2.75, 3.05) is 0 Å². The Kier molecular flexibility index (Phi) is 2.90. The molecule has 1 aromatic carbocycles. The molecule has 1 rings (SSSR count). The van der Waals surface area contributed by atoms with Gasteiger partial charge < -0.3 is 5.11 Å². The number of hydrogen-bond donors (Lipinski definition) is 1. The Hall–Kier alpha value is -1.26. The Bertz CT molecular complexity index is 307. The molecule has 1 aromatic rings. The Morgan fingerprint density at radius 2 is 2.25 bits per heavy atom. The van der Waals surface area contributed by atoms with Gasteiger partial charge in [0, 0.05) is 5.56 Å². The van der Waals surface area contributed by atoms with E-state index in [1.807, 2.05) is 25.1 Å². The van der Waals surface area contributed by atoms with Gasteiger partial charge in [-0.3, -0.25) is 0 Å². The van der Waals surface area contributed by atoms with Gasteiger partial charge in [-0.05, 0) is 23.6 Å². The number of aliphatic hydroxyl groups is 1. The highest BCUT2D eigenvalue weighted by Crippen LogP contribution is 2.14. The lowest BCUT2D eigenvalue weighted by Crippen LogP contribution is -1.95. The van der Waals surface area contributed by atoms with Crippen LogP contribution >= 0.6 is 0 Å². The average Bonchev–Trinajstić information content (AvgIpc) is 2.16. The molecule has 0 aliphatic carbocycles.